The molecule has 1 aliphatic rings. The average Bonchev–Trinajstić information content (AvgIpc) is 3.18. The SMILES string of the molecule is CC(=O)NCC1CN(c2ccc(-c3ccc(CNC(C)/C=C/N)nc3)c(F)c2)C(=O)O1.CNN. The summed E-state index contributed by atoms with van der Waals surface area (Å²) in [4.78, 5) is 28.9. The van der Waals surface area contributed by atoms with Gasteiger partial charge in [-0.2, -0.15) is 0 Å². The van der Waals surface area contributed by atoms with E-state index in [0.717, 1.165) is 5.69 Å². The fraction of sp³-hybridized carbons (Fsp3) is 0.348. The van der Waals surface area contributed by atoms with Crippen LogP contribution in [0.2, 0.25) is 0 Å². The molecule has 184 valence electrons. The van der Waals surface area contributed by atoms with Crippen LogP contribution in [0, 0.1) is 5.82 Å². The predicted octanol–water partition coefficient (Wildman–Crippen LogP) is 1.38. The number of carbonyl (C=O) groups excluding carboxylic acids is 2. The number of nitrogens with one attached hydrogen (secondary N) is 3. The number of nitrogens with zero attached hydrogens (tertiary/aromatic N) is 2. The van der Waals surface area contributed by atoms with Crippen molar-refractivity contribution in [3.05, 3.63) is 60.3 Å². The van der Waals surface area contributed by atoms with Crippen molar-refractivity contribution in [3.63, 3.8) is 0 Å². The van der Waals surface area contributed by atoms with Gasteiger partial charge in [0, 0.05) is 36.8 Å². The van der Waals surface area contributed by atoms with Crippen LogP contribution in [0.5, 0.6) is 0 Å². The van der Waals surface area contributed by atoms with E-state index in [0.29, 0.717) is 23.4 Å². The minimum Gasteiger partial charge on any atom is -0.442 e. The summed E-state index contributed by atoms with van der Waals surface area (Å²) < 4.78 is 20.0. The normalized spacial score (nSPS) is 16.1. The molecular formula is C23H32FN7O3. The summed E-state index contributed by atoms with van der Waals surface area (Å²) in [5.74, 6) is 3.92. The number of amides is 2. The first kappa shape index (κ1) is 26.7. The molecule has 2 heterocycles. The van der Waals surface area contributed by atoms with Gasteiger partial charge in [-0.1, -0.05) is 12.1 Å². The molecule has 0 saturated carbocycles. The molecule has 2 atom stereocenters. The summed E-state index contributed by atoms with van der Waals surface area (Å²) in [6.07, 6.45) is 3.90. The first-order valence-electron chi connectivity index (χ1n) is 10.8. The number of pyridine rings is 1. The Hall–Kier alpha value is -3.54. The molecule has 1 aromatic carbocycles. The van der Waals surface area contributed by atoms with Gasteiger partial charge in [0.1, 0.15) is 11.9 Å². The third-order valence-electron chi connectivity index (χ3n) is 4.86. The van der Waals surface area contributed by atoms with Gasteiger partial charge >= 0.3 is 6.09 Å². The number of rotatable bonds is 8. The van der Waals surface area contributed by atoms with Gasteiger partial charge < -0.3 is 21.1 Å². The van der Waals surface area contributed by atoms with E-state index in [1.807, 2.05) is 19.1 Å². The molecule has 34 heavy (non-hydrogen) atoms. The molecule has 0 aliphatic carbocycles. The number of halogens is 1. The molecule has 10 nitrogen and oxygen atoms in total. The number of anilines is 1. The van der Waals surface area contributed by atoms with E-state index in [-0.39, 0.29) is 25.0 Å². The third kappa shape index (κ3) is 7.80. The van der Waals surface area contributed by atoms with Gasteiger partial charge in [-0.15, -0.1) is 0 Å². The highest BCUT2D eigenvalue weighted by atomic mass is 19.1. The van der Waals surface area contributed by atoms with E-state index in [9.17, 15) is 14.0 Å². The zero-order valence-corrected chi connectivity index (χ0v) is 19.5. The highest BCUT2D eigenvalue weighted by Crippen LogP contribution is 2.28. The first-order valence-corrected chi connectivity index (χ1v) is 10.8. The second-order valence-electron chi connectivity index (χ2n) is 7.60. The van der Waals surface area contributed by atoms with Crippen molar-refractivity contribution in [2.75, 3.05) is 25.0 Å². The zero-order chi connectivity index (χ0) is 25.1. The van der Waals surface area contributed by atoms with Crippen molar-refractivity contribution in [1.29, 1.82) is 0 Å². The summed E-state index contributed by atoms with van der Waals surface area (Å²) in [5.41, 5.74) is 9.86. The van der Waals surface area contributed by atoms with Gasteiger partial charge in [-0.25, -0.2) is 9.18 Å². The summed E-state index contributed by atoms with van der Waals surface area (Å²) in [5, 5.41) is 5.87. The molecule has 1 aromatic heterocycles. The van der Waals surface area contributed by atoms with Crippen molar-refractivity contribution in [3.8, 4) is 11.1 Å². The molecule has 1 aliphatic heterocycles. The van der Waals surface area contributed by atoms with E-state index in [4.69, 9.17) is 10.5 Å². The second kappa shape index (κ2) is 13.2. The molecule has 1 saturated heterocycles. The lowest BCUT2D eigenvalue weighted by atomic mass is 10.1. The molecule has 2 aromatic rings. The lowest BCUT2D eigenvalue weighted by molar-refractivity contribution is -0.119. The maximum absolute atomic E-state index is 14.8. The average molecular weight is 474 g/mol. The fourth-order valence-electron chi connectivity index (χ4n) is 3.19. The van der Waals surface area contributed by atoms with Crippen LogP contribution in [-0.4, -0.2) is 49.3 Å². The van der Waals surface area contributed by atoms with Gasteiger partial charge in [-0.05, 0) is 44.4 Å². The lowest BCUT2D eigenvalue weighted by Crippen LogP contribution is -2.33. The second-order valence-corrected chi connectivity index (χ2v) is 7.60. The molecule has 7 N–H and O–H groups in total. The van der Waals surface area contributed by atoms with E-state index >= 15 is 0 Å². The summed E-state index contributed by atoms with van der Waals surface area (Å²) in [7, 11) is 1.65. The predicted molar refractivity (Wildman–Crippen MR) is 129 cm³/mol. The van der Waals surface area contributed by atoms with Crippen LogP contribution in [0.3, 0.4) is 0 Å². The molecule has 3 rings (SSSR count). The maximum Gasteiger partial charge on any atom is 0.414 e. The number of hydrazine groups is 1. The van der Waals surface area contributed by atoms with Crippen LogP contribution in [-0.2, 0) is 16.1 Å². The largest absolute Gasteiger partial charge is 0.442 e. The number of aromatic nitrogens is 1. The Labute approximate surface area is 198 Å². The standard InChI is InChI=1S/C22H26FN5O3.CH6N2/c1-14(7-8-24)25-11-17-4-3-16(10-27-17)20-6-5-18(9-21(20)23)28-13-19(31-22(28)30)12-26-15(2)29;1-3-2/h3-10,14,19,25H,11-13,24H2,1-2H3,(H,26,29);3H,2H2,1H3/b8-7+;. The Morgan fingerprint density at radius 3 is 2.71 bits per heavy atom. The zero-order valence-electron chi connectivity index (χ0n) is 19.5. The van der Waals surface area contributed by atoms with Crippen LogP contribution in [0.15, 0.2) is 48.8 Å². The van der Waals surface area contributed by atoms with Crippen LogP contribution in [0.1, 0.15) is 19.5 Å². The minimum atomic E-state index is -0.570. The van der Waals surface area contributed by atoms with Crippen LogP contribution >= 0.6 is 0 Å². The number of hydrogen-bond donors (Lipinski definition) is 5. The fourth-order valence-corrected chi connectivity index (χ4v) is 3.19. The van der Waals surface area contributed by atoms with Gasteiger partial charge in [0.05, 0.1) is 24.5 Å². The quantitative estimate of drug-likeness (QED) is 0.285. The first-order chi connectivity index (χ1) is 16.3. The van der Waals surface area contributed by atoms with Crippen molar-refractivity contribution < 1.29 is 18.7 Å². The Morgan fingerprint density at radius 2 is 2.12 bits per heavy atom. The van der Waals surface area contributed by atoms with Crippen LogP contribution < -0.4 is 32.5 Å². The Balaban J connectivity index is 0.00000129. The van der Waals surface area contributed by atoms with Crippen LogP contribution in [0.4, 0.5) is 14.9 Å². The number of nitrogens with two attached hydrogens (primary N) is 2. The highest BCUT2D eigenvalue weighted by Gasteiger charge is 2.32. The lowest BCUT2D eigenvalue weighted by Gasteiger charge is -2.15. The number of benzene rings is 1. The van der Waals surface area contributed by atoms with Crippen molar-refractivity contribution in [2.24, 2.45) is 11.6 Å². The highest BCUT2D eigenvalue weighted by molar-refractivity contribution is 5.90. The summed E-state index contributed by atoms with van der Waals surface area (Å²) in [6.45, 7) is 4.38. The number of cyclic esters (lactones) is 1. The van der Waals surface area contributed by atoms with Gasteiger partial charge in [0.25, 0.3) is 0 Å². The number of carbonyl (C=O) groups is 2. The van der Waals surface area contributed by atoms with Crippen molar-refractivity contribution in [2.45, 2.75) is 32.5 Å². The summed E-state index contributed by atoms with van der Waals surface area (Å²) in [6, 6.07) is 8.33. The van der Waals surface area contributed by atoms with Gasteiger partial charge in [0.2, 0.25) is 5.91 Å². The van der Waals surface area contributed by atoms with E-state index in [2.05, 4.69) is 26.9 Å². The third-order valence-corrected chi connectivity index (χ3v) is 4.86. The summed E-state index contributed by atoms with van der Waals surface area (Å²) >= 11 is 0. The molecule has 0 bridgehead atoms. The van der Waals surface area contributed by atoms with Crippen molar-refractivity contribution >= 4 is 17.7 Å². The number of ether oxygens (including phenoxy) is 1. The Kier molecular flexibility index (Phi) is 10.4. The Morgan fingerprint density at radius 1 is 1.38 bits per heavy atom. The molecule has 0 radical (unpaired) electrons. The van der Waals surface area contributed by atoms with Gasteiger partial charge in [-0.3, -0.25) is 25.9 Å². The van der Waals surface area contributed by atoms with Crippen molar-refractivity contribution in [1.82, 2.24) is 21.0 Å². The molecular weight excluding hydrogens is 441 g/mol. The monoisotopic (exact) mass is 473 g/mol. The number of hydrogen-bond acceptors (Lipinski definition) is 8. The molecule has 0 spiro atoms. The van der Waals surface area contributed by atoms with E-state index in [1.165, 1.54) is 24.1 Å². The molecule has 2 amide bonds. The molecule has 2 unspecified atom stereocenters. The van der Waals surface area contributed by atoms with Gasteiger partial charge in [0.15, 0.2) is 0 Å². The smallest absolute Gasteiger partial charge is 0.414 e. The Bertz CT molecular complexity index is 985. The maximum atomic E-state index is 14.8. The minimum absolute atomic E-state index is 0.117. The molecule has 1 fully saturated rings. The topological polar surface area (TPSA) is 148 Å². The molecule has 11 heteroatoms. The van der Waals surface area contributed by atoms with E-state index in [1.54, 1.807) is 31.4 Å². The van der Waals surface area contributed by atoms with E-state index < -0.39 is 18.0 Å². The van der Waals surface area contributed by atoms with Crippen LogP contribution in [0.25, 0.3) is 11.1 Å².